The molecule has 7 nitrogen and oxygen atoms in total. The number of methoxy groups -OCH3 is 1. The number of hydrogen-bond acceptors (Lipinski definition) is 7. The molecule has 174 valence electrons. The first-order chi connectivity index (χ1) is 15.1. The van der Waals surface area contributed by atoms with Gasteiger partial charge in [-0.15, -0.1) is 0 Å². The first-order valence-electron chi connectivity index (χ1n) is 12.0. The van der Waals surface area contributed by atoms with Gasteiger partial charge in [-0.3, -0.25) is 14.4 Å². The molecule has 2 unspecified atom stereocenters. The van der Waals surface area contributed by atoms with Crippen molar-refractivity contribution in [3.8, 4) is 0 Å². The van der Waals surface area contributed by atoms with Gasteiger partial charge in [0, 0.05) is 35.5 Å². The summed E-state index contributed by atoms with van der Waals surface area (Å²) in [7, 11) is 1.37. The van der Waals surface area contributed by atoms with Gasteiger partial charge in [-0.25, -0.2) is 0 Å². The summed E-state index contributed by atoms with van der Waals surface area (Å²) >= 11 is 0. The Hall–Kier alpha value is -1.73. The van der Waals surface area contributed by atoms with Crippen molar-refractivity contribution in [1.82, 2.24) is 0 Å². The predicted octanol–water partition coefficient (Wildman–Crippen LogP) is 2.49. The van der Waals surface area contributed by atoms with Crippen LogP contribution in [0, 0.1) is 28.6 Å². The maximum Gasteiger partial charge on any atom is 0.306 e. The molecule has 32 heavy (non-hydrogen) atoms. The number of carbonyl (C=O) groups excluding carboxylic acids is 3. The van der Waals surface area contributed by atoms with Gasteiger partial charge in [0.1, 0.15) is 11.2 Å². The fraction of sp³-hybridized carbons (Fsp3) is 0.800. The molecule has 0 amide bonds. The summed E-state index contributed by atoms with van der Waals surface area (Å²) in [5.41, 5.74) is -0.940. The first kappa shape index (κ1) is 20.8. The normalized spacial score (nSPS) is 53.0. The SMILES string of the molecule is COC(=O)C[C@H]1C2C3CC[C@@]4(CCC(=O)O4)[C@@]3(C)C[C@H]3O[C@@]23[C@@]2(C)CCC(=O)C=C2[C@@H]1O. The number of epoxide rings is 1. The molecule has 6 rings (SSSR count). The minimum atomic E-state index is -0.895. The highest BCUT2D eigenvalue weighted by molar-refractivity contribution is 5.92. The lowest BCUT2D eigenvalue weighted by atomic mass is 9.43. The summed E-state index contributed by atoms with van der Waals surface area (Å²) < 4.78 is 17.7. The van der Waals surface area contributed by atoms with E-state index in [0.29, 0.717) is 19.3 Å². The van der Waals surface area contributed by atoms with E-state index >= 15 is 0 Å². The smallest absolute Gasteiger partial charge is 0.306 e. The lowest BCUT2D eigenvalue weighted by Gasteiger charge is -2.60. The molecular weight excluding hydrogens is 412 g/mol. The van der Waals surface area contributed by atoms with Gasteiger partial charge in [-0.2, -0.15) is 0 Å². The fourth-order valence-corrected chi connectivity index (χ4v) is 8.98. The van der Waals surface area contributed by atoms with E-state index in [9.17, 15) is 19.5 Å². The van der Waals surface area contributed by atoms with Crippen molar-refractivity contribution in [3.05, 3.63) is 11.6 Å². The third kappa shape index (κ3) is 2.22. The second-order valence-electron chi connectivity index (χ2n) is 11.4. The average molecular weight is 445 g/mol. The summed E-state index contributed by atoms with van der Waals surface area (Å²) in [5, 5.41) is 11.6. The lowest BCUT2D eigenvalue weighted by Crippen LogP contribution is -2.65. The number of aliphatic hydroxyl groups excluding tert-OH is 1. The van der Waals surface area contributed by atoms with E-state index in [2.05, 4.69) is 13.8 Å². The Morgan fingerprint density at radius 2 is 2.00 bits per heavy atom. The molecule has 3 saturated carbocycles. The van der Waals surface area contributed by atoms with Crippen LogP contribution in [0.15, 0.2) is 11.6 Å². The van der Waals surface area contributed by atoms with Crippen molar-refractivity contribution >= 4 is 17.7 Å². The monoisotopic (exact) mass is 444 g/mol. The molecule has 9 atom stereocenters. The van der Waals surface area contributed by atoms with Gasteiger partial charge in [-0.1, -0.05) is 13.8 Å². The molecule has 1 N–H and O–H groups in total. The number of fused-ring (bicyclic) bond motifs is 4. The van der Waals surface area contributed by atoms with E-state index in [1.54, 1.807) is 6.08 Å². The van der Waals surface area contributed by atoms with Crippen LogP contribution >= 0.6 is 0 Å². The number of carbonyl (C=O) groups is 3. The molecule has 2 saturated heterocycles. The molecule has 0 bridgehead atoms. The van der Waals surface area contributed by atoms with E-state index in [1.807, 2.05) is 0 Å². The number of ether oxygens (including phenoxy) is 3. The van der Waals surface area contributed by atoms with Crippen LogP contribution in [0.2, 0.25) is 0 Å². The Bertz CT molecular complexity index is 956. The Morgan fingerprint density at radius 1 is 1.22 bits per heavy atom. The maximum absolute atomic E-state index is 12.5. The third-order valence-electron chi connectivity index (χ3n) is 10.6. The molecule has 2 heterocycles. The van der Waals surface area contributed by atoms with Crippen molar-refractivity contribution in [2.24, 2.45) is 28.6 Å². The number of hydrogen-bond donors (Lipinski definition) is 1. The molecule has 2 spiro atoms. The van der Waals surface area contributed by atoms with Crippen molar-refractivity contribution < 1.29 is 33.7 Å². The Labute approximate surface area is 187 Å². The number of aliphatic hydroxyl groups is 1. The van der Waals surface area contributed by atoms with E-state index in [-0.39, 0.29) is 47.5 Å². The Morgan fingerprint density at radius 3 is 2.69 bits per heavy atom. The molecule has 0 aromatic carbocycles. The van der Waals surface area contributed by atoms with Gasteiger partial charge in [0.05, 0.1) is 25.7 Å². The standard InChI is InChI=1S/C25H32O7/c1-22-7-4-13(26)10-16(22)21(29)14(11-19(28)30-3)20-15-5-8-24(9-6-18(27)32-24)23(15,2)12-17-25(20,22)31-17/h10,14-15,17,20-21,29H,4-9,11-12H2,1-3H3/t14-,15?,17+,20?,21+,22-,23-,24+,25+/m0/s1. The van der Waals surface area contributed by atoms with Crippen LogP contribution in [0.25, 0.3) is 0 Å². The molecule has 5 fully saturated rings. The molecule has 2 aliphatic heterocycles. The van der Waals surface area contributed by atoms with E-state index < -0.39 is 28.6 Å². The predicted molar refractivity (Wildman–Crippen MR) is 111 cm³/mol. The molecule has 0 aromatic heterocycles. The van der Waals surface area contributed by atoms with Gasteiger partial charge in [0.15, 0.2) is 5.78 Å². The second-order valence-corrected chi connectivity index (χ2v) is 11.4. The number of rotatable bonds is 2. The summed E-state index contributed by atoms with van der Waals surface area (Å²) in [4.78, 5) is 37.0. The zero-order valence-corrected chi connectivity index (χ0v) is 19.0. The second kappa shape index (κ2) is 6.23. The first-order valence-corrected chi connectivity index (χ1v) is 12.0. The van der Waals surface area contributed by atoms with Crippen LogP contribution in [0.5, 0.6) is 0 Å². The summed E-state index contributed by atoms with van der Waals surface area (Å²) in [6.45, 7) is 4.37. The molecule has 0 aromatic rings. The third-order valence-corrected chi connectivity index (χ3v) is 10.6. The molecule has 0 radical (unpaired) electrons. The van der Waals surface area contributed by atoms with Crippen LogP contribution in [0.3, 0.4) is 0 Å². The van der Waals surface area contributed by atoms with Gasteiger partial charge < -0.3 is 19.3 Å². The lowest BCUT2D eigenvalue weighted by molar-refractivity contribution is -0.171. The molecule has 6 aliphatic rings. The zero-order chi connectivity index (χ0) is 22.7. The summed E-state index contributed by atoms with van der Waals surface area (Å²) in [6, 6.07) is 0. The van der Waals surface area contributed by atoms with Crippen LogP contribution in [0.1, 0.15) is 65.2 Å². The number of esters is 2. The number of ketones is 1. The van der Waals surface area contributed by atoms with Gasteiger partial charge in [-0.05, 0) is 49.7 Å². The van der Waals surface area contributed by atoms with Crippen LogP contribution in [0.4, 0.5) is 0 Å². The largest absolute Gasteiger partial charge is 0.469 e. The Balaban J connectivity index is 1.49. The van der Waals surface area contributed by atoms with Crippen molar-refractivity contribution in [1.29, 1.82) is 0 Å². The van der Waals surface area contributed by atoms with Gasteiger partial charge >= 0.3 is 11.9 Å². The van der Waals surface area contributed by atoms with Crippen molar-refractivity contribution in [2.75, 3.05) is 7.11 Å². The quantitative estimate of drug-likeness (QED) is 0.516. The van der Waals surface area contributed by atoms with Gasteiger partial charge in [0.25, 0.3) is 0 Å². The maximum atomic E-state index is 12.5. The zero-order valence-electron chi connectivity index (χ0n) is 19.0. The minimum absolute atomic E-state index is 0.0266. The van der Waals surface area contributed by atoms with Crippen molar-refractivity contribution in [3.63, 3.8) is 0 Å². The topological polar surface area (TPSA) is 102 Å². The Kier molecular flexibility index (Phi) is 4.06. The van der Waals surface area contributed by atoms with Crippen LogP contribution in [-0.4, -0.2) is 53.3 Å². The molecule has 7 heteroatoms. The minimum Gasteiger partial charge on any atom is -0.469 e. The van der Waals surface area contributed by atoms with Gasteiger partial charge in [0.2, 0.25) is 0 Å². The summed E-state index contributed by atoms with van der Waals surface area (Å²) in [5.74, 6) is -0.756. The highest BCUT2D eigenvalue weighted by Crippen LogP contribution is 2.78. The fourth-order valence-electron chi connectivity index (χ4n) is 8.98. The van der Waals surface area contributed by atoms with Crippen molar-refractivity contribution in [2.45, 2.75) is 88.6 Å². The van der Waals surface area contributed by atoms with E-state index in [1.165, 1.54) is 7.11 Å². The van der Waals surface area contributed by atoms with Crippen LogP contribution < -0.4 is 0 Å². The average Bonchev–Trinajstić information content (AvgIpc) is 3.25. The molecular formula is C25H32O7. The molecule has 4 aliphatic carbocycles. The summed E-state index contributed by atoms with van der Waals surface area (Å²) in [6.07, 6.45) is 5.55. The highest BCUT2D eigenvalue weighted by atomic mass is 16.6. The van der Waals surface area contributed by atoms with E-state index in [0.717, 1.165) is 31.3 Å². The van der Waals surface area contributed by atoms with Crippen LogP contribution in [-0.2, 0) is 28.6 Å². The van der Waals surface area contributed by atoms with E-state index in [4.69, 9.17) is 14.2 Å². The highest BCUT2D eigenvalue weighted by Gasteiger charge is 2.83.